The zero-order valence-corrected chi connectivity index (χ0v) is 22.0. The van der Waals surface area contributed by atoms with Crippen molar-refractivity contribution in [2.75, 3.05) is 35.5 Å². The molecule has 0 saturated carbocycles. The molecule has 0 bridgehead atoms. The third-order valence-electron chi connectivity index (χ3n) is 6.44. The first-order chi connectivity index (χ1) is 17.9. The molecule has 3 aromatic rings. The summed E-state index contributed by atoms with van der Waals surface area (Å²) in [5.74, 6) is 1.52. The molecule has 0 unspecified atom stereocenters. The lowest BCUT2D eigenvalue weighted by molar-refractivity contribution is 0.0934. The lowest BCUT2D eigenvalue weighted by Gasteiger charge is -2.21. The van der Waals surface area contributed by atoms with Crippen molar-refractivity contribution in [3.8, 4) is 39.9 Å². The highest BCUT2D eigenvalue weighted by Gasteiger charge is 2.32. The first-order valence-electron chi connectivity index (χ1n) is 11.6. The summed E-state index contributed by atoms with van der Waals surface area (Å²) in [7, 11) is 7.51. The van der Waals surface area contributed by atoms with E-state index >= 15 is 0 Å². The predicted octanol–water partition coefficient (Wildman–Crippen LogP) is 4.83. The molecule has 3 aromatic carbocycles. The van der Waals surface area contributed by atoms with Gasteiger partial charge in [-0.15, -0.1) is 0 Å². The van der Waals surface area contributed by atoms with Crippen molar-refractivity contribution in [2.45, 2.75) is 18.9 Å². The Labute approximate surface area is 220 Å². The second-order valence-corrected chi connectivity index (χ2v) is 8.72. The Morgan fingerprint density at radius 2 is 1.62 bits per heavy atom. The van der Waals surface area contributed by atoms with Gasteiger partial charge in [0.2, 0.25) is 11.2 Å². The largest absolute Gasteiger partial charge is 0.497 e. The second-order valence-electron chi connectivity index (χ2n) is 8.34. The van der Waals surface area contributed by atoms with Crippen molar-refractivity contribution < 1.29 is 28.5 Å². The van der Waals surface area contributed by atoms with Crippen LogP contribution in [0.25, 0.3) is 11.1 Å². The smallest absolute Gasteiger partial charge is 0.251 e. The molecule has 0 radical (unpaired) electrons. The third kappa shape index (κ3) is 4.76. The van der Waals surface area contributed by atoms with Crippen molar-refractivity contribution in [1.82, 2.24) is 5.32 Å². The molecule has 194 valence electrons. The molecule has 1 aliphatic carbocycles. The average Bonchev–Trinajstić information content (AvgIpc) is 3.17. The van der Waals surface area contributed by atoms with Crippen LogP contribution in [0.1, 0.15) is 33.9 Å². The van der Waals surface area contributed by atoms with E-state index < -0.39 is 6.04 Å². The first kappa shape index (κ1) is 26.2. The summed E-state index contributed by atoms with van der Waals surface area (Å²) in [4.78, 5) is 26.3. The van der Waals surface area contributed by atoms with Crippen LogP contribution in [0.3, 0.4) is 0 Å². The molecule has 4 rings (SSSR count). The topological polar surface area (TPSA) is 92.3 Å². The molecular weight excluding hydrogens is 498 g/mol. The summed E-state index contributed by atoms with van der Waals surface area (Å²) >= 11 is 6.84. The van der Waals surface area contributed by atoms with Crippen LogP contribution in [0.2, 0.25) is 5.02 Å². The van der Waals surface area contributed by atoms with Crippen LogP contribution in [-0.2, 0) is 6.42 Å². The number of carbonyl (C=O) groups excluding carboxylic acids is 1. The van der Waals surface area contributed by atoms with E-state index in [1.54, 1.807) is 43.5 Å². The van der Waals surface area contributed by atoms with Gasteiger partial charge in [0.1, 0.15) is 5.75 Å². The zero-order valence-electron chi connectivity index (χ0n) is 21.3. The molecule has 37 heavy (non-hydrogen) atoms. The molecule has 0 aromatic heterocycles. The number of hydrogen-bond donors (Lipinski definition) is 1. The number of fused-ring (bicyclic) bond motifs is 3. The summed E-state index contributed by atoms with van der Waals surface area (Å²) in [6.45, 7) is 0. The fourth-order valence-electron chi connectivity index (χ4n) is 4.69. The van der Waals surface area contributed by atoms with Crippen molar-refractivity contribution >= 4 is 17.5 Å². The number of halogens is 1. The normalized spacial score (nSPS) is 13.9. The monoisotopic (exact) mass is 525 g/mol. The Morgan fingerprint density at radius 1 is 0.892 bits per heavy atom. The molecule has 9 heteroatoms. The van der Waals surface area contributed by atoms with E-state index in [9.17, 15) is 9.59 Å². The molecule has 0 spiro atoms. The van der Waals surface area contributed by atoms with Gasteiger partial charge in [0.15, 0.2) is 17.2 Å². The third-order valence-corrected chi connectivity index (χ3v) is 6.84. The Morgan fingerprint density at radius 3 is 2.27 bits per heavy atom. The van der Waals surface area contributed by atoms with E-state index in [2.05, 4.69) is 5.32 Å². The average molecular weight is 526 g/mol. The van der Waals surface area contributed by atoms with E-state index in [1.165, 1.54) is 34.5 Å². The van der Waals surface area contributed by atoms with Gasteiger partial charge in [0.25, 0.3) is 5.91 Å². The lowest BCUT2D eigenvalue weighted by atomic mass is 9.95. The number of carbonyl (C=O) groups is 1. The lowest BCUT2D eigenvalue weighted by Crippen LogP contribution is -2.29. The fourth-order valence-corrected chi connectivity index (χ4v) is 5.05. The van der Waals surface area contributed by atoms with E-state index in [0.29, 0.717) is 63.1 Å². The predicted molar refractivity (Wildman–Crippen MR) is 141 cm³/mol. The summed E-state index contributed by atoms with van der Waals surface area (Å²) in [5.41, 5.74) is 2.79. The van der Waals surface area contributed by atoms with E-state index in [4.69, 9.17) is 35.3 Å². The highest BCUT2D eigenvalue weighted by atomic mass is 35.5. The molecule has 0 heterocycles. The Balaban J connectivity index is 1.96. The van der Waals surface area contributed by atoms with E-state index in [1.807, 2.05) is 0 Å². The number of amides is 1. The van der Waals surface area contributed by atoms with Gasteiger partial charge < -0.3 is 29.0 Å². The van der Waals surface area contributed by atoms with Gasteiger partial charge in [-0.2, -0.15) is 0 Å². The van der Waals surface area contributed by atoms with Crippen LogP contribution in [0.15, 0.2) is 47.3 Å². The van der Waals surface area contributed by atoms with Gasteiger partial charge in [-0.3, -0.25) is 9.59 Å². The van der Waals surface area contributed by atoms with Gasteiger partial charge >= 0.3 is 0 Å². The molecule has 1 aliphatic rings. The molecule has 1 N–H and O–H groups in total. The maximum atomic E-state index is 13.3. The van der Waals surface area contributed by atoms with Crippen molar-refractivity contribution in [3.05, 3.63) is 74.4 Å². The fraction of sp³-hybridized carbons (Fsp3) is 0.286. The maximum absolute atomic E-state index is 13.3. The highest BCUT2D eigenvalue weighted by molar-refractivity contribution is 6.34. The number of rotatable bonds is 7. The molecular formula is C28H28ClNO7. The zero-order chi connectivity index (χ0) is 26.7. The molecule has 1 atom stereocenters. The van der Waals surface area contributed by atoms with E-state index in [0.717, 1.165) is 5.56 Å². The van der Waals surface area contributed by atoms with Crippen molar-refractivity contribution in [3.63, 3.8) is 0 Å². The molecule has 0 fully saturated rings. The number of nitrogens with one attached hydrogen (secondary N) is 1. The summed E-state index contributed by atoms with van der Waals surface area (Å²) in [6.07, 6.45) is 0.928. The SMILES string of the molecule is COc1cccc(C(=O)N[C@H]2CCc3c(Cl)c(OC)c(OC)c(OC)c3-c3ccc(OC)c(=O)cc32)c1. The quantitative estimate of drug-likeness (QED) is 0.472. The number of methoxy groups -OCH3 is 5. The number of hydrogen-bond acceptors (Lipinski definition) is 7. The van der Waals surface area contributed by atoms with Crippen molar-refractivity contribution in [2.24, 2.45) is 0 Å². The maximum Gasteiger partial charge on any atom is 0.251 e. The molecule has 8 nitrogen and oxygen atoms in total. The number of benzene rings is 2. The summed E-state index contributed by atoms with van der Waals surface area (Å²) in [6, 6.07) is 11.2. The van der Waals surface area contributed by atoms with Crippen LogP contribution < -0.4 is 34.4 Å². The molecule has 1 amide bonds. The highest BCUT2D eigenvalue weighted by Crippen LogP contribution is 2.54. The number of ether oxygens (including phenoxy) is 5. The minimum atomic E-state index is -0.524. The Bertz CT molecular complexity index is 1410. The second kappa shape index (κ2) is 11.0. The minimum Gasteiger partial charge on any atom is -0.497 e. The Hall–Kier alpha value is -3.91. The van der Waals surface area contributed by atoms with Crippen molar-refractivity contribution in [1.29, 1.82) is 0 Å². The van der Waals surface area contributed by atoms with Gasteiger partial charge in [-0.25, -0.2) is 0 Å². The van der Waals surface area contributed by atoms with Gasteiger partial charge in [-0.1, -0.05) is 23.7 Å². The first-order valence-corrected chi connectivity index (χ1v) is 11.9. The van der Waals surface area contributed by atoms with Crippen LogP contribution in [0.4, 0.5) is 0 Å². The standard InChI is InChI=1S/C28H28ClNO7/c1-33-16-8-6-7-15(13-16)28(32)30-20-11-9-18-23(17-10-12-22(34-2)21(31)14-19(17)20)25(35-3)27(37-5)26(36-4)24(18)29/h6-8,10,12-14,20H,9,11H2,1-5H3,(H,30,32)/t20-/m0/s1. The van der Waals surface area contributed by atoms with Crippen LogP contribution >= 0.6 is 11.6 Å². The summed E-state index contributed by atoms with van der Waals surface area (Å²) in [5, 5.41) is 3.47. The minimum absolute atomic E-state index is 0.165. The van der Waals surface area contributed by atoms with Gasteiger partial charge in [0.05, 0.1) is 46.6 Å². The van der Waals surface area contributed by atoms with Crippen LogP contribution in [0, 0.1) is 0 Å². The summed E-state index contributed by atoms with van der Waals surface area (Å²) < 4.78 is 27.5. The van der Waals surface area contributed by atoms with Crippen LogP contribution in [0.5, 0.6) is 28.7 Å². The van der Waals surface area contributed by atoms with Crippen LogP contribution in [-0.4, -0.2) is 41.5 Å². The Kier molecular flexibility index (Phi) is 7.78. The van der Waals surface area contributed by atoms with Gasteiger partial charge in [-0.05, 0) is 59.9 Å². The van der Waals surface area contributed by atoms with Gasteiger partial charge in [0, 0.05) is 11.1 Å². The van der Waals surface area contributed by atoms with E-state index in [-0.39, 0.29) is 17.1 Å². The molecule has 0 saturated heterocycles. The molecule has 0 aliphatic heterocycles.